The van der Waals surface area contributed by atoms with Gasteiger partial charge in [-0.25, -0.2) is 0 Å². The van der Waals surface area contributed by atoms with Crippen LogP contribution in [0.3, 0.4) is 0 Å². The van der Waals surface area contributed by atoms with Gasteiger partial charge in [-0.05, 0) is 51.0 Å². The molecule has 0 aliphatic rings. The van der Waals surface area contributed by atoms with Crippen molar-refractivity contribution in [3.05, 3.63) is 60.8 Å². The second-order valence-corrected chi connectivity index (χ2v) is 16.5. The van der Waals surface area contributed by atoms with E-state index in [0.717, 1.165) is 64.2 Å². The molecule has 0 saturated carbocycles. The molecule has 6 heteroatoms. The van der Waals surface area contributed by atoms with Gasteiger partial charge in [0.15, 0.2) is 0 Å². The van der Waals surface area contributed by atoms with Crippen LogP contribution in [-0.2, 0) is 14.3 Å². The molecule has 0 aromatic rings. The van der Waals surface area contributed by atoms with Crippen molar-refractivity contribution in [2.45, 2.75) is 251 Å². The molecule has 3 N–H and O–H groups in total. The number of amides is 1. The smallest absolute Gasteiger partial charge is 0.306 e. The molecule has 3 atom stereocenters. The topological polar surface area (TPSA) is 95.9 Å². The highest BCUT2D eigenvalue weighted by Gasteiger charge is 2.23. The Morgan fingerprint density at radius 2 is 0.897 bits per heavy atom. The van der Waals surface area contributed by atoms with Gasteiger partial charge in [-0.1, -0.05) is 230 Å². The molecule has 58 heavy (non-hydrogen) atoms. The van der Waals surface area contributed by atoms with Crippen LogP contribution in [0.4, 0.5) is 0 Å². The Morgan fingerprint density at radius 3 is 1.31 bits per heavy atom. The third-order valence-corrected chi connectivity index (χ3v) is 10.9. The van der Waals surface area contributed by atoms with Gasteiger partial charge in [-0.15, -0.1) is 0 Å². The summed E-state index contributed by atoms with van der Waals surface area (Å²) in [6.45, 7) is 6.31. The third kappa shape index (κ3) is 40.3. The Hall–Kier alpha value is -2.44. The predicted octanol–water partition coefficient (Wildman–Crippen LogP) is 14.5. The minimum Gasteiger partial charge on any atom is -0.458 e. The molecule has 1 amide bonds. The monoisotopic (exact) mass is 812 g/mol. The minimum atomic E-state index is -0.817. The molecule has 0 heterocycles. The molecular formula is C52H93NO5. The van der Waals surface area contributed by atoms with Crippen LogP contribution >= 0.6 is 0 Å². The normalized spacial score (nSPS) is 13.8. The van der Waals surface area contributed by atoms with Crippen LogP contribution in [0.2, 0.25) is 0 Å². The maximum atomic E-state index is 13.1. The number of aliphatic hydroxyl groups excluding tert-OH is 2. The number of carbonyl (C=O) groups excluding carboxylic acids is 2. The lowest BCUT2D eigenvalue weighted by atomic mass is 10.0. The molecule has 0 bridgehead atoms. The van der Waals surface area contributed by atoms with E-state index in [0.29, 0.717) is 19.3 Å². The first-order chi connectivity index (χ1) is 28.5. The highest BCUT2D eigenvalue weighted by Crippen LogP contribution is 2.16. The average Bonchev–Trinajstić information content (AvgIpc) is 3.22. The van der Waals surface area contributed by atoms with Gasteiger partial charge in [0.1, 0.15) is 6.10 Å². The summed E-state index contributed by atoms with van der Waals surface area (Å²) in [4.78, 5) is 26.0. The van der Waals surface area contributed by atoms with Gasteiger partial charge in [0, 0.05) is 6.42 Å². The van der Waals surface area contributed by atoms with Gasteiger partial charge in [0.05, 0.1) is 25.2 Å². The molecule has 0 rings (SSSR count). The second-order valence-electron chi connectivity index (χ2n) is 16.5. The summed E-state index contributed by atoms with van der Waals surface area (Å²) in [6, 6.07) is -0.739. The Balaban J connectivity index is 4.70. The van der Waals surface area contributed by atoms with E-state index in [1.165, 1.54) is 122 Å². The fraction of sp³-hybridized carbons (Fsp3) is 0.769. The van der Waals surface area contributed by atoms with E-state index < -0.39 is 18.2 Å². The van der Waals surface area contributed by atoms with Crippen LogP contribution in [0.1, 0.15) is 233 Å². The van der Waals surface area contributed by atoms with Gasteiger partial charge in [0.25, 0.3) is 0 Å². The molecule has 0 saturated heterocycles. The molecule has 0 aliphatic heterocycles. The van der Waals surface area contributed by atoms with E-state index in [-0.39, 0.29) is 24.9 Å². The molecule has 0 spiro atoms. The van der Waals surface area contributed by atoms with Crippen LogP contribution < -0.4 is 5.32 Å². The fourth-order valence-electron chi connectivity index (χ4n) is 7.16. The molecule has 0 fully saturated rings. The molecule has 3 unspecified atom stereocenters. The van der Waals surface area contributed by atoms with E-state index >= 15 is 0 Å². The summed E-state index contributed by atoms with van der Waals surface area (Å²) in [5, 5.41) is 23.6. The first-order valence-electron chi connectivity index (χ1n) is 24.5. The Labute approximate surface area is 358 Å². The number of ether oxygens (including phenoxy) is 1. The van der Waals surface area contributed by atoms with Crippen molar-refractivity contribution >= 4 is 11.9 Å². The van der Waals surface area contributed by atoms with Crippen LogP contribution in [0.25, 0.3) is 0 Å². The third-order valence-electron chi connectivity index (χ3n) is 10.9. The van der Waals surface area contributed by atoms with Crippen LogP contribution in [0.5, 0.6) is 0 Å². The maximum Gasteiger partial charge on any atom is 0.306 e. The van der Waals surface area contributed by atoms with E-state index in [1.807, 2.05) is 6.08 Å². The van der Waals surface area contributed by atoms with E-state index in [1.54, 1.807) is 6.08 Å². The highest BCUT2D eigenvalue weighted by atomic mass is 16.5. The number of rotatable bonds is 43. The van der Waals surface area contributed by atoms with Gasteiger partial charge < -0.3 is 20.3 Å². The summed E-state index contributed by atoms with van der Waals surface area (Å²) in [7, 11) is 0. The number of unbranched alkanes of at least 4 members (excludes halogenated alkanes) is 23. The zero-order chi connectivity index (χ0) is 42.4. The van der Waals surface area contributed by atoms with Gasteiger partial charge in [-0.2, -0.15) is 0 Å². The minimum absolute atomic E-state index is 0.0450. The number of allylic oxidation sites excluding steroid dienone is 9. The molecule has 0 aliphatic carbocycles. The molecule has 0 aromatic heterocycles. The lowest BCUT2D eigenvalue weighted by Gasteiger charge is -2.23. The number of nitrogens with one attached hydrogen (secondary N) is 1. The van der Waals surface area contributed by atoms with Crippen molar-refractivity contribution in [2.24, 2.45) is 0 Å². The summed E-state index contributed by atoms with van der Waals surface area (Å²) in [6.07, 6.45) is 56.0. The average molecular weight is 812 g/mol. The van der Waals surface area contributed by atoms with E-state index in [2.05, 4.69) is 74.7 Å². The molecule has 0 aromatic carbocycles. The largest absolute Gasteiger partial charge is 0.458 e. The number of carbonyl (C=O) groups is 2. The molecular weight excluding hydrogens is 719 g/mol. The van der Waals surface area contributed by atoms with Gasteiger partial charge >= 0.3 is 5.97 Å². The van der Waals surface area contributed by atoms with Crippen molar-refractivity contribution in [1.82, 2.24) is 5.32 Å². The van der Waals surface area contributed by atoms with Gasteiger partial charge in [-0.3, -0.25) is 9.59 Å². The number of hydrogen-bond acceptors (Lipinski definition) is 5. The summed E-state index contributed by atoms with van der Waals surface area (Å²) in [5.41, 5.74) is 0. The standard InChI is InChI=1S/C52H93NO5/c1-4-7-10-13-16-19-21-23-25-26-28-30-33-36-39-42-45-52(57)58-48(43-40-37-34-32-29-27-24-22-20-17-14-11-8-5-2)46-51(56)53-49(47-54)50(55)44-41-38-35-31-18-15-12-9-6-3/h8,11,17,20,24,27,32,34,40,43,48-50,54-55H,4-7,9-10,12-16,18-19,21-23,25-26,28-31,33,35-39,41-42,44-47H2,1-3H3,(H,53,56)/b11-8+,20-17+,27-24+,34-32+,43-40+. The number of esters is 1. The van der Waals surface area contributed by atoms with E-state index in [4.69, 9.17) is 4.74 Å². The van der Waals surface area contributed by atoms with Crippen molar-refractivity contribution in [1.29, 1.82) is 0 Å². The first kappa shape index (κ1) is 55.6. The van der Waals surface area contributed by atoms with Gasteiger partial charge in [0.2, 0.25) is 5.91 Å². The lowest BCUT2D eigenvalue weighted by molar-refractivity contribution is -0.148. The Kier molecular flexibility index (Phi) is 43.7. The van der Waals surface area contributed by atoms with Crippen LogP contribution in [0, 0.1) is 0 Å². The fourth-order valence-corrected chi connectivity index (χ4v) is 7.16. The zero-order valence-corrected chi connectivity index (χ0v) is 38.2. The summed E-state index contributed by atoms with van der Waals surface area (Å²) in [5.74, 6) is -0.626. The number of hydrogen-bond donors (Lipinski definition) is 3. The van der Waals surface area contributed by atoms with Crippen LogP contribution in [0.15, 0.2) is 60.8 Å². The summed E-state index contributed by atoms with van der Waals surface area (Å²) < 4.78 is 5.81. The first-order valence-corrected chi connectivity index (χ1v) is 24.5. The lowest BCUT2D eigenvalue weighted by Crippen LogP contribution is -2.46. The molecule has 0 radical (unpaired) electrons. The van der Waals surface area contributed by atoms with Crippen molar-refractivity contribution < 1.29 is 24.5 Å². The SMILES string of the molecule is CC/C=C/C/C=C/C/C=C/C/C=C/C/C=C/C(CC(=O)NC(CO)C(O)CCCCCCCCCCC)OC(=O)CCCCCCCCCCCCCCCCCC. The van der Waals surface area contributed by atoms with Crippen LogP contribution in [-0.4, -0.2) is 46.9 Å². The highest BCUT2D eigenvalue weighted by molar-refractivity contribution is 5.78. The zero-order valence-electron chi connectivity index (χ0n) is 38.2. The number of aliphatic hydroxyl groups is 2. The quantitative estimate of drug-likeness (QED) is 0.0324. The Bertz CT molecular complexity index is 1050. The van der Waals surface area contributed by atoms with E-state index in [9.17, 15) is 19.8 Å². The maximum absolute atomic E-state index is 13.1. The summed E-state index contributed by atoms with van der Waals surface area (Å²) >= 11 is 0. The molecule has 6 nitrogen and oxygen atoms in total. The van der Waals surface area contributed by atoms with Crippen molar-refractivity contribution in [2.75, 3.05) is 6.61 Å². The predicted molar refractivity (Wildman–Crippen MR) is 250 cm³/mol. The Morgan fingerprint density at radius 1 is 0.517 bits per heavy atom. The second kappa shape index (κ2) is 45.6. The van der Waals surface area contributed by atoms with Crippen molar-refractivity contribution in [3.8, 4) is 0 Å². The van der Waals surface area contributed by atoms with Crippen molar-refractivity contribution in [3.63, 3.8) is 0 Å². The molecule has 336 valence electrons.